The molecule has 1 aliphatic heterocycles. The van der Waals surface area contributed by atoms with E-state index in [9.17, 15) is 0 Å². The van der Waals surface area contributed by atoms with Gasteiger partial charge in [-0.3, -0.25) is 4.98 Å². The van der Waals surface area contributed by atoms with Gasteiger partial charge in [0.1, 0.15) is 11.6 Å². The summed E-state index contributed by atoms with van der Waals surface area (Å²) in [6.07, 6.45) is 3.49. The molecule has 2 aromatic heterocycles. The van der Waals surface area contributed by atoms with Crippen molar-refractivity contribution in [1.29, 1.82) is 0 Å². The number of nitrogens with zero attached hydrogens (tertiary/aromatic N) is 3. The van der Waals surface area contributed by atoms with E-state index in [1.54, 1.807) is 12.4 Å². The van der Waals surface area contributed by atoms with Crippen LogP contribution in [0.4, 0.5) is 17.3 Å². The van der Waals surface area contributed by atoms with Crippen LogP contribution >= 0.6 is 0 Å². The lowest BCUT2D eigenvalue weighted by Gasteiger charge is -2.39. The van der Waals surface area contributed by atoms with E-state index in [4.69, 9.17) is 4.74 Å². The van der Waals surface area contributed by atoms with Gasteiger partial charge in [0.15, 0.2) is 5.82 Å². The molecular weight excluding hydrogens is 314 g/mol. The maximum Gasteiger partial charge on any atom is 0.163 e. The second kappa shape index (κ2) is 6.49. The standard InChI is InChI=1S/C19H19N5O/c1-19(12-25-13-19)24-17-11-16(21-15-7-9-20-10-8-15)22-18(23-17)14-5-3-2-4-6-14/h2-11H,12-13H2,1H3,(H2,20,21,22,23,24). The van der Waals surface area contributed by atoms with Gasteiger partial charge in [0.05, 0.1) is 18.8 Å². The van der Waals surface area contributed by atoms with E-state index >= 15 is 0 Å². The van der Waals surface area contributed by atoms with E-state index in [0.717, 1.165) is 22.9 Å². The van der Waals surface area contributed by atoms with E-state index in [0.29, 0.717) is 19.0 Å². The van der Waals surface area contributed by atoms with E-state index in [1.165, 1.54) is 0 Å². The Bertz CT molecular complexity index is 850. The Labute approximate surface area is 146 Å². The summed E-state index contributed by atoms with van der Waals surface area (Å²) in [5, 5.41) is 6.78. The summed E-state index contributed by atoms with van der Waals surface area (Å²) in [7, 11) is 0. The van der Waals surface area contributed by atoms with Crippen molar-refractivity contribution in [3.8, 4) is 11.4 Å². The molecule has 0 atom stereocenters. The van der Waals surface area contributed by atoms with Gasteiger partial charge in [0.2, 0.25) is 0 Å². The lowest BCUT2D eigenvalue weighted by Crippen LogP contribution is -2.53. The van der Waals surface area contributed by atoms with Crippen LogP contribution in [-0.2, 0) is 4.74 Å². The highest BCUT2D eigenvalue weighted by Gasteiger charge is 2.33. The molecule has 0 aliphatic carbocycles. The quantitative estimate of drug-likeness (QED) is 0.745. The third-order valence-corrected chi connectivity index (χ3v) is 3.98. The Morgan fingerprint density at radius 3 is 2.36 bits per heavy atom. The number of hydrogen-bond donors (Lipinski definition) is 2. The zero-order valence-electron chi connectivity index (χ0n) is 13.9. The molecule has 0 radical (unpaired) electrons. The molecule has 1 fully saturated rings. The fourth-order valence-electron chi connectivity index (χ4n) is 2.66. The van der Waals surface area contributed by atoms with Crippen LogP contribution in [0.2, 0.25) is 0 Å². The van der Waals surface area contributed by atoms with Crippen molar-refractivity contribution in [1.82, 2.24) is 15.0 Å². The second-order valence-corrected chi connectivity index (χ2v) is 6.37. The maximum atomic E-state index is 5.32. The van der Waals surface area contributed by atoms with E-state index in [-0.39, 0.29) is 5.54 Å². The molecule has 0 bridgehead atoms. The van der Waals surface area contributed by atoms with Crippen LogP contribution in [-0.4, -0.2) is 33.7 Å². The van der Waals surface area contributed by atoms with Crippen LogP contribution in [0, 0.1) is 0 Å². The number of hydrogen-bond acceptors (Lipinski definition) is 6. The van der Waals surface area contributed by atoms with Crippen LogP contribution in [0.3, 0.4) is 0 Å². The normalized spacial score (nSPS) is 15.2. The van der Waals surface area contributed by atoms with Gasteiger partial charge in [-0.2, -0.15) is 0 Å². The van der Waals surface area contributed by atoms with E-state index in [2.05, 4.69) is 32.5 Å². The highest BCUT2D eigenvalue weighted by atomic mass is 16.5. The van der Waals surface area contributed by atoms with Gasteiger partial charge in [-0.25, -0.2) is 9.97 Å². The Hall–Kier alpha value is -2.99. The summed E-state index contributed by atoms with van der Waals surface area (Å²) in [6.45, 7) is 3.46. The summed E-state index contributed by atoms with van der Waals surface area (Å²) in [6, 6.07) is 15.7. The van der Waals surface area contributed by atoms with Crippen molar-refractivity contribution >= 4 is 17.3 Å². The fourth-order valence-corrected chi connectivity index (χ4v) is 2.66. The summed E-state index contributed by atoms with van der Waals surface area (Å²) in [4.78, 5) is 13.4. The zero-order chi connectivity index (χ0) is 17.1. The number of ether oxygens (including phenoxy) is 1. The SMILES string of the molecule is CC1(Nc2cc(Nc3ccncc3)nc(-c3ccccc3)n2)COC1. The monoisotopic (exact) mass is 333 g/mol. The van der Waals surface area contributed by atoms with Crippen LogP contribution in [0.5, 0.6) is 0 Å². The molecule has 3 heterocycles. The Morgan fingerprint density at radius 2 is 1.68 bits per heavy atom. The molecule has 6 heteroatoms. The molecule has 1 aliphatic rings. The molecule has 0 spiro atoms. The molecule has 25 heavy (non-hydrogen) atoms. The van der Waals surface area contributed by atoms with Crippen molar-refractivity contribution in [2.75, 3.05) is 23.8 Å². The summed E-state index contributed by atoms with van der Waals surface area (Å²) < 4.78 is 5.32. The largest absolute Gasteiger partial charge is 0.376 e. The van der Waals surface area contributed by atoms with Gasteiger partial charge in [-0.05, 0) is 19.1 Å². The van der Waals surface area contributed by atoms with Gasteiger partial charge < -0.3 is 15.4 Å². The minimum absolute atomic E-state index is 0.0871. The Balaban J connectivity index is 1.69. The lowest BCUT2D eigenvalue weighted by molar-refractivity contribution is -0.0320. The lowest BCUT2D eigenvalue weighted by atomic mass is 10.0. The van der Waals surface area contributed by atoms with E-state index in [1.807, 2.05) is 48.5 Å². The third kappa shape index (κ3) is 3.59. The molecule has 1 aromatic carbocycles. The zero-order valence-corrected chi connectivity index (χ0v) is 13.9. The number of anilines is 3. The van der Waals surface area contributed by atoms with Gasteiger partial charge in [0.25, 0.3) is 0 Å². The molecule has 3 aromatic rings. The molecule has 6 nitrogen and oxygen atoms in total. The highest BCUT2D eigenvalue weighted by Crippen LogP contribution is 2.26. The average Bonchev–Trinajstić information content (AvgIpc) is 2.62. The van der Waals surface area contributed by atoms with Crippen molar-refractivity contribution in [3.63, 3.8) is 0 Å². The molecule has 0 unspecified atom stereocenters. The van der Waals surface area contributed by atoms with Gasteiger partial charge in [0, 0.05) is 29.7 Å². The molecule has 126 valence electrons. The van der Waals surface area contributed by atoms with Crippen LogP contribution in [0.1, 0.15) is 6.92 Å². The topological polar surface area (TPSA) is 72.0 Å². The number of aromatic nitrogens is 3. The first kappa shape index (κ1) is 15.5. The van der Waals surface area contributed by atoms with E-state index < -0.39 is 0 Å². The molecule has 0 amide bonds. The minimum Gasteiger partial charge on any atom is -0.376 e. The van der Waals surface area contributed by atoms with Crippen LogP contribution in [0.25, 0.3) is 11.4 Å². The smallest absolute Gasteiger partial charge is 0.163 e. The summed E-state index contributed by atoms with van der Waals surface area (Å²) in [5.41, 5.74) is 1.81. The molecule has 2 N–H and O–H groups in total. The first-order valence-electron chi connectivity index (χ1n) is 8.18. The minimum atomic E-state index is -0.0871. The van der Waals surface area contributed by atoms with Gasteiger partial charge in [-0.1, -0.05) is 30.3 Å². The second-order valence-electron chi connectivity index (χ2n) is 6.37. The van der Waals surface area contributed by atoms with Crippen LogP contribution in [0.15, 0.2) is 60.9 Å². The number of pyridine rings is 1. The first-order valence-corrected chi connectivity index (χ1v) is 8.18. The first-order chi connectivity index (χ1) is 12.2. The van der Waals surface area contributed by atoms with Crippen molar-refractivity contribution < 1.29 is 4.74 Å². The summed E-state index contributed by atoms with van der Waals surface area (Å²) in [5.74, 6) is 2.17. The summed E-state index contributed by atoms with van der Waals surface area (Å²) >= 11 is 0. The van der Waals surface area contributed by atoms with Gasteiger partial charge >= 0.3 is 0 Å². The average molecular weight is 333 g/mol. The third-order valence-electron chi connectivity index (χ3n) is 3.98. The van der Waals surface area contributed by atoms with Crippen molar-refractivity contribution in [2.24, 2.45) is 0 Å². The molecular formula is C19H19N5O. The fraction of sp³-hybridized carbons (Fsp3) is 0.211. The molecule has 4 rings (SSSR count). The Morgan fingerprint density at radius 1 is 0.960 bits per heavy atom. The molecule has 0 saturated carbocycles. The predicted molar refractivity (Wildman–Crippen MR) is 97.8 cm³/mol. The predicted octanol–water partition coefficient (Wildman–Crippen LogP) is 3.48. The molecule has 1 saturated heterocycles. The maximum absolute atomic E-state index is 5.32. The van der Waals surface area contributed by atoms with Gasteiger partial charge in [-0.15, -0.1) is 0 Å². The number of benzene rings is 1. The van der Waals surface area contributed by atoms with Crippen molar-refractivity contribution in [3.05, 3.63) is 60.9 Å². The highest BCUT2D eigenvalue weighted by molar-refractivity contribution is 5.65. The Kier molecular flexibility index (Phi) is 4.03. The van der Waals surface area contributed by atoms with Crippen LogP contribution < -0.4 is 10.6 Å². The number of rotatable bonds is 5. The number of nitrogens with one attached hydrogen (secondary N) is 2. The van der Waals surface area contributed by atoms with Crippen molar-refractivity contribution in [2.45, 2.75) is 12.5 Å².